The van der Waals surface area contributed by atoms with E-state index in [1.54, 1.807) is 12.3 Å². The molecule has 0 radical (unpaired) electrons. The second-order valence-electron chi connectivity index (χ2n) is 5.49. The zero-order chi connectivity index (χ0) is 14.4. The first kappa shape index (κ1) is 14.7. The summed E-state index contributed by atoms with van der Waals surface area (Å²) in [4.78, 5) is 17.7. The Morgan fingerprint density at radius 1 is 1.45 bits per heavy atom. The van der Waals surface area contributed by atoms with Crippen LogP contribution >= 0.6 is 0 Å². The molecule has 6 heteroatoms. The van der Waals surface area contributed by atoms with Gasteiger partial charge in [0.05, 0.1) is 12.1 Å². The molecule has 0 spiro atoms. The van der Waals surface area contributed by atoms with Gasteiger partial charge in [0.2, 0.25) is 0 Å². The summed E-state index contributed by atoms with van der Waals surface area (Å²) < 4.78 is 0. The Morgan fingerprint density at radius 3 is 2.85 bits per heavy atom. The lowest BCUT2D eigenvalue weighted by atomic mass is 10.0. The molecule has 0 unspecified atom stereocenters. The second kappa shape index (κ2) is 6.67. The summed E-state index contributed by atoms with van der Waals surface area (Å²) in [7, 11) is 1.84. The average Bonchev–Trinajstić information content (AvgIpc) is 2.83. The molecule has 1 aromatic rings. The molecule has 0 aliphatic heterocycles. The highest BCUT2D eigenvalue weighted by Gasteiger charge is 2.32. The molecule has 1 saturated carbocycles. The minimum atomic E-state index is -0.622. The van der Waals surface area contributed by atoms with Crippen LogP contribution in [0.3, 0.4) is 0 Å². The van der Waals surface area contributed by atoms with E-state index in [4.69, 9.17) is 0 Å². The molecule has 1 aliphatic rings. The van der Waals surface area contributed by atoms with Gasteiger partial charge in [-0.3, -0.25) is 20.5 Å². The van der Waals surface area contributed by atoms with Gasteiger partial charge in [0.25, 0.3) is 5.91 Å². The van der Waals surface area contributed by atoms with Crippen LogP contribution in [0.2, 0.25) is 0 Å². The first-order valence-electron chi connectivity index (χ1n) is 6.94. The summed E-state index contributed by atoms with van der Waals surface area (Å²) in [6.07, 6.45) is 5.43. The third-order valence-corrected chi connectivity index (χ3v) is 3.51. The van der Waals surface area contributed by atoms with Crippen molar-refractivity contribution in [1.82, 2.24) is 15.3 Å². The van der Waals surface area contributed by atoms with Crippen LogP contribution in [0.15, 0.2) is 24.4 Å². The normalized spacial score (nSPS) is 17.1. The zero-order valence-electron chi connectivity index (χ0n) is 11.8. The number of carbonyl (C=O) groups is 1. The minimum Gasteiger partial charge on any atom is -0.389 e. The largest absolute Gasteiger partial charge is 0.389 e. The Balaban J connectivity index is 1.71. The van der Waals surface area contributed by atoms with Crippen LogP contribution in [0.1, 0.15) is 25.7 Å². The van der Waals surface area contributed by atoms with E-state index in [-0.39, 0.29) is 12.5 Å². The summed E-state index contributed by atoms with van der Waals surface area (Å²) in [5.41, 5.74) is 4.72. The van der Waals surface area contributed by atoms with Crippen molar-refractivity contribution in [3.63, 3.8) is 0 Å². The number of nitrogens with zero attached hydrogens (tertiary/aromatic N) is 2. The molecule has 0 bridgehead atoms. The van der Waals surface area contributed by atoms with Gasteiger partial charge in [0, 0.05) is 12.7 Å². The van der Waals surface area contributed by atoms with Crippen molar-refractivity contribution in [2.75, 3.05) is 25.6 Å². The summed E-state index contributed by atoms with van der Waals surface area (Å²) in [6, 6.07) is 5.41. The molecule has 1 amide bonds. The SMILES string of the molecule is CN(CC(=O)NNc1ccccn1)CC1(O)CCCC1. The van der Waals surface area contributed by atoms with Crippen LogP contribution < -0.4 is 10.9 Å². The van der Waals surface area contributed by atoms with Crippen molar-refractivity contribution < 1.29 is 9.90 Å². The predicted octanol–water partition coefficient (Wildman–Crippen LogP) is 0.762. The van der Waals surface area contributed by atoms with Crippen molar-refractivity contribution in [3.05, 3.63) is 24.4 Å². The maximum atomic E-state index is 11.8. The van der Waals surface area contributed by atoms with Crippen LogP contribution in [-0.2, 0) is 4.79 Å². The molecular formula is C14H22N4O2. The van der Waals surface area contributed by atoms with Crippen molar-refractivity contribution in [2.45, 2.75) is 31.3 Å². The monoisotopic (exact) mass is 278 g/mol. The third-order valence-electron chi connectivity index (χ3n) is 3.51. The van der Waals surface area contributed by atoms with Gasteiger partial charge in [-0.2, -0.15) is 0 Å². The number of aromatic nitrogens is 1. The minimum absolute atomic E-state index is 0.153. The number of rotatable bonds is 6. The first-order chi connectivity index (χ1) is 9.57. The Bertz CT molecular complexity index is 432. The van der Waals surface area contributed by atoms with E-state index in [1.807, 2.05) is 24.1 Å². The molecular weight excluding hydrogens is 256 g/mol. The molecule has 110 valence electrons. The summed E-state index contributed by atoms with van der Waals surface area (Å²) >= 11 is 0. The smallest absolute Gasteiger partial charge is 0.252 e. The number of aliphatic hydroxyl groups is 1. The molecule has 1 fully saturated rings. The van der Waals surface area contributed by atoms with Gasteiger partial charge in [-0.25, -0.2) is 4.98 Å². The Morgan fingerprint density at radius 2 is 2.20 bits per heavy atom. The van der Waals surface area contributed by atoms with Gasteiger partial charge in [-0.05, 0) is 32.0 Å². The number of amides is 1. The van der Waals surface area contributed by atoms with E-state index >= 15 is 0 Å². The number of anilines is 1. The van der Waals surface area contributed by atoms with Crippen LogP contribution in [0.4, 0.5) is 5.82 Å². The van der Waals surface area contributed by atoms with E-state index < -0.39 is 5.60 Å². The Kier molecular flexibility index (Phi) is 4.92. The van der Waals surface area contributed by atoms with E-state index in [1.165, 1.54) is 0 Å². The van der Waals surface area contributed by atoms with Crippen molar-refractivity contribution in [1.29, 1.82) is 0 Å². The van der Waals surface area contributed by atoms with Gasteiger partial charge in [-0.1, -0.05) is 18.9 Å². The highest BCUT2D eigenvalue weighted by Crippen LogP contribution is 2.29. The first-order valence-corrected chi connectivity index (χ1v) is 6.94. The molecule has 0 saturated heterocycles. The number of hydrogen-bond acceptors (Lipinski definition) is 5. The quantitative estimate of drug-likeness (QED) is 0.670. The maximum Gasteiger partial charge on any atom is 0.252 e. The molecule has 0 atom stereocenters. The molecule has 0 aromatic carbocycles. The number of pyridine rings is 1. The van der Waals surface area contributed by atoms with E-state index in [2.05, 4.69) is 15.8 Å². The molecule has 6 nitrogen and oxygen atoms in total. The van der Waals surface area contributed by atoms with Crippen molar-refractivity contribution in [2.24, 2.45) is 0 Å². The second-order valence-corrected chi connectivity index (χ2v) is 5.49. The number of nitrogens with one attached hydrogen (secondary N) is 2. The number of hydrogen-bond donors (Lipinski definition) is 3. The standard InChI is InChI=1S/C14H22N4O2/c1-18(11-14(20)7-3-4-8-14)10-13(19)17-16-12-6-2-5-9-15-12/h2,5-6,9,20H,3-4,7-8,10-11H2,1H3,(H,15,16)(H,17,19). The van der Waals surface area contributed by atoms with Crippen LogP contribution in [0.25, 0.3) is 0 Å². The van der Waals surface area contributed by atoms with Gasteiger partial charge in [0.15, 0.2) is 0 Å². The summed E-state index contributed by atoms with van der Waals surface area (Å²) in [5.74, 6) is 0.442. The van der Waals surface area contributed by atoms with Gasteiger partial charge in [-0.15, -0.1) is 0 Å². The Labute approximate surface area is 119 Å². The number of carbonyl (C=O) groups excluding carboxylic acids is 1. The molecule has 3 N–H and O–H groups in total. The van der Waals surface area contributed by atoms with Crippen molar-refractivity contribution >= 4 is 11.7 Å². The zero-order valence-corrected chi connectivity index (χ0v) is 11.8. The number of likely N-dealkylation sites (N-methyl/N-ethyl adjacent to an activating group) is 1. The lowest BCUT2D eigenvalue weighted by Crippen LogP contribution is -2.44. The van der Waals surface area contributed by atoms with E-state index in [0.717, 1.165) is 25.7 Å². The fourth-order valence-electron chi connectivity index (χ4n) is 2.60. The highest BCUT2D eigenvalue weighted by atomic mass is 16.3. The number of hydrazine groups is 1. The van der Waals surface area contributed by atoms with Gasteiger partial charge in [0.1, 0.15) is 5.82 Å². The van der Waals surface area contributed by atoms with E-state index in [0.29, 0.717) is 12.4 Å². The van der Waals surface area contributed by atoms with Crippen LogP contribution in [-0.4, -0.2) is 46.6 Å². The molecule has 20 heavy (non-hydrogen) atoms. The van der Waals surface area contributed by atoms with Crippen molar-refractivity contribution in [3.8, 4) is 0 Å². The summed E-state index contributed by atoms with van der Waals surface area (Å²) in [5, 5.41) is 10.3. The highest BCUT2D eigenvalue weighted by molar-refractivity contribution is 5.79. The Hall–Kier alpha value is -1.66. The van der Waals surface area contributed by atoms with Crippen LogP contribution in [0, 0.1) is 0 Å². The third kappa shape index (κ3) is 4.47. The summed E-state index contributed by atoms with van der Waals surface area (Å²) in [6.45, 7) is 0.770. The average molecular weight is 278 g/mol. The fourth-order valence-corrected chi connectivity index (χ4v) is 2.60. The van der Waals surface area contributed by atoms with Gasteiger partial charge < -0.3 is 5.11 Å². The molecule has 2 rings (SSSR count). The molecule has 1 heterocycles. The van der Waals surface area contributed by atoms with Gasteiger partial charge >= 0.3 is 0 Å². The topological polar surface area (TPSA) is 77.5 Å². The van der Waals surface area contributed by atoms with E-state index in [9.17, 15) is 9.90 Å². The lowest BCUT2D eigenvalue weighted by Gasteiger charge is -2.28. The maximum absolute atomic E-state index is 11.8. The molecule has 1 aromatic heterocycles. The fraction of sp³-hybridized carbons (Fsp3) is 0.571. The predicted molar refractivity (Wildman–Crippen MR) is 76.9 cm³/mol. The molecule has 1 aliphatic carbocycles. The van der Waals surface area contributed by atoms with Crippen LogP contribution in [0.5, 0.6) is 0 Å². The lowest BCUT2D eigenvalue weighted by molar-refractivity contribution is -0.122.